The summed E-state index contributed by atoms with van der Waals surface area (Å²) in [6.07, 6.45) is 5.18. The van der Waals surface area contributed by atoms with E-state index in [1.807, 2.05) is 24.3 Å². The average Bonchev–Trinajstić information content (AvgIpc) is 2.93. The van der Waals surface area contributed by atoms with Crippen LogP contribution in [0.5, 0.6) is 5.75 Å². The Morgan fingerprint density at radius 3 is 3.16 bits per heavy atom. The number of methoxy groups -OCH3 is 1. The molecule has 1 aliphatic rings. The van der Waals surface area contributed by atoms with Gasteiger partial charge in [0.1, 0.15) is 5.75 Å². The zero-order valence-electron chi connectivity index (χ0n) is 11.1. The number of benzene rings is 1. The van der Waals surface area contributed by atoms with E-state index in [4.69, 9.17) is 4.74 Å². The first-order chi connectivity index (χ1) is 9.24. The Hall–Kier alpha value is -1.81. The average molecular weight is 261 g/mol. The molecular weight excluding hydrogens is 242 g/mol. The normalized spacial score (nSPS) is 19.1. The zero-order chi connectivity index (χ0) is 13.7. The Morgan fingerprint density at radius 2 is 2.42 bits per heavy atom. The third-order valence-electron chi connectivity index (χ3n) is 3.38. The topological polar surface area (TPSA) is 49.8 Å². The number of carbonyl (C=O) groups is 1. The molecule has 0 radical (unpaired) electrons. The van der Waals surface area contributed by atoms with Crippen molar-refractivity contribution in [2.24, 2.45) is 0 Å². The lowest BCUT2D eigenvalue weighted by molar-refractivity contribution is -0.127. The van der Waals surface area contributed by atoms with E-state index in [1.165, 1.54) is 0 Å². The summed E-state index contributed by atoms with van der Waals surface area (Å²) in [4.78, 5) is 13.8. The second-order valence-electron chi connectivity index (χ2n) is 4.62. The third kappa shape index (κ3) is 3.35. The Balaban J connectivity index is 2.03. The molecule has 0 saturated carbocycles. The maximum Gasteiger partial charge on any atom is 0.246 e. The van der Waals surface area contributed by atoms with Crippen molar-refractivity contribution in [1.29, 1.82) is 0 Å². The van der Waals surface area contributed by atoms with Gasteiger partial charge in [0, 0.05) is 12.6 Å². The molecule has 102 valence electrons. The van der Waals surface area contributed by atoms with Crippen LogP contribution >= 0.6 is 0 Å². The molecule has 1 heterocycles. The van der Waals surface area contributed by atoms with Crippen LogP contribution in [0.25, 0.3) is 6.08 Å². The van der Waals surface area contributed by atoms with E-state index >= 15 is 0 Å². The maximum atomic E-state index is 12.0. The summed E-state index contributed by atoms with van der Waals surface area (Å²) in [7, 11) is 1.62. The number of hydrogen-bond donors (Lipinski definition) is 1. The minimum atomic E-state index is -0.0423. The van der Waals surface area contributed by atoms with E-state index in [1.54, 1.807) is 24.2 Å². The highest BCUT2D eigenvalue weighted by atomic mass is 16.5. The lowest BCUT2D eigenvalue weighted by Crippen LogP contribution is -2.36. The lowest BCUT2D eigenvalue weighted by atomic mass is 10.2. The van der Waals surface area contributed by atoms with Gasteiger partial charge in [-0.15, -0.1) is 0 Å². The molecular formula is C15H19NO3. The fourth-order valence-electron chi connectivity index (χ4n) is 2.32. The Morgan fingerprint density at radius 1 is 1.58 bits per heavy atom. The van der Waals surface area contributed by atoms with E-state index in [9.17, 15) is 9.90 Å². The molecule has 0 spiro atoms. The van der Waals surface area contributed by atoms with E-state index in [0.717, 1.165) is 30.7 Å². The van der Waals surface area contributed by atoms with Crippen LogP contribution in [0.3, 0.4) is 0 Å². The molecule has 1 N–H and O–H groups in total. The van der Waals surface area contributed by atoms with Gasteiger partial charge in [-0.2, -0.15) is 0 Å². The van der Waals surface area contributed by atoms with Gasteiger partial charge < -0.3 is 14.7 Å². The monoisotopic (exact) mass is 261 g/mol. The summed E-state index contributed by atoms with van der Waals surface area (Å²) in [6, 6.07) is 7.51. The van der Waals surface area contributed by atoms with Gasteiger partial charge >= 0.3 is 0 Å². The van der Waals surface area contributed by atoms with Crippen molar-refractivity contribution in [3.8, 4) is 5.75 Å². The summed E-state index contributed by atoms with van der Waals surface area (Å²) >= 11 is 0. The summed E-state index contributed by atoms with van der Waals surface area (Å²) in [5.74, 6) is 0.725. The van der Waals surface area contributed by atoms with Crippen molar-refractivity contribution in [2.45, 2.75) is 18.9 Å². The fraction of sp³-hybridized carbons (Fsp3) is 0.400. The third-order valence-corrected chi connectivity index (χ3v) is 3.38. The van der Waals surface area contributed by atoms with Gasteiger partial charge in [-0.3, -0.25) is 4.79 Å². The largest absolute Gasteiger partial charge is 0.497 e. The van der Waals surface area contributed by atoms with Crippen LogP contribution in [0.2, 0.25) is 0 Å². The second-order valence-corrected chi connectivity index (χ2v) is 4.62. The second kappa shape index (κ2) is 6.38. The maximum absolute atomic E-state index is 12.0. The molecule has 0 aromatic heterocycles. The summed E-state index contributed by atoms with van der Waals surface area (Å²) in [6.45, 7) is 0.769. The highest BCUT2D eigenvalue weighted by Gasteiger charge is 2.26. The van der Waals surface area contributed by atoms with E-state index in [2.05, 4.69) is 0 Å². The zero-order valence-corrected chi connectivity index (χ0v) is 11.1. The highest BCUT2D eigenvalue weighted by molar-refractivity contribution is 5.92. The van der Waals surface area contributed by atoms with Gasteiger partial charge in [-0.1, -0.05) is 12.1 Å². The Bertz CT molecular complexity index is 470. The van der Waals surface area contributed by atoms with Crippen LogP contribution in [0, 0.1) is 0 Å². The molecule has 1 saturated heterocycles. The molecule has 0 unspecified atom stereocenters. The quantitative estimate of drug-likeness (QED) is 0.839. The van der Waals surface area contributed by atoms with E-state index < -0.39 is 0 Å². The first-order valence-electron chi connectivity index (χ1n) is 6.48. The van der Waals surface area contributed by atoms with Gasteiger partial charge in [-0.05, 0) is 36.6 Å². The Labute approximate surface area is 113 Å². The number of rotatable bonds is 4. The van der Waals surface area contributed by atoms with Crippen molar-refractivity contribution in [3.63, 3.8) is 0 Å². The van der Waals surface area contributed by atoms with Crippen LogP contribution in [0.15, 0.2) is 30.3 Å². The molecule has 0 aliphatic carbocycles. The standard InChI is InChI=1S/C15H19NO3/c1-19-14-6-2-4-12(10-14)7-8-15(18)16-9-3-5-13(16)11-17/h2,4,6-8,10,13,17H,3,5,9,11H2,1H3/t13-/m1/s1. The smallest absolute Gasteiger partial charge is 0.246 e. The van der Waals surface area contributed by atoms with Crippen molar-refractivity contribution in [3.05, 3.63) is 35.9 Å². The van der Waals surface area contributed by atoms with Gasteiger partial charge in [0.2, 0.25) is 5.91 Å². The van der Waals surface area contributed by atoms with E-state index in [-0.39, 0.29) is 18.6 Å². The molecule has 4 heteroatoms. The predicted octanol–water partition coefficient (Wildman–Crippen LogP) is 1.69. The van der Waals surface area contributed by atoms with Crippen molar-refractivity contribution < 1.29 is 14.6 Å². The summed E-state index contributed by atoms with van der Waals surface area (Å²) in [5, 5.41) is 9.20. The number of aliphatic hydroxyl groups excluding tert-OH is 1. The number of nitrogens with zero attached hydrogens (tertiary/aromatic N) is 1. The summed E-state index contributed by atoms with van der Waals surface area (Å²) < 4.78 is 5.13. The molecule has 1 amide bonds. The van der Waals surface area contributed by atoms with Crippen LogP contribution in [0.4, 0.5) is 0 Å². The molecule has 19 heavy (non-hydrogen) atoms. The number of aliphatic hydroxyl groups is 1. The molecule has 4 nitrogen and oxygen atoms in total. The first kappa shape index (κ1) is 13.6. The molecule has 1 atom stereocenters. The fourth-order valence-corrected chi connectivity index (χ4v) is 2.32. The number of hydrogen-bond acceptors (Lipinski definition) is 3. The molecule has 1 aromatic rings. The molecule has 1 aliphatic heterocycles. The molecule has 2 rings (SSSR count). The van der Waals surface area contributed by atoms with Gasteiger partial charge in [0.25, 0.3) is 0 Å². The van der Waals surface area contributed by atoms with Crippen LogP contribution in [0.1, 0.15) is 18.4 Å². The van der Waals surface area contributed by atoms with Crippen LogP contribution in [-0.4, -0.2) is 42.2 Å². The summed E-state index contributed by atoms with van der Waals surface area (Å²) in [5.41, 5.74) is 0.924. The number of likely N-dealkylation sites (tertiary alicyclic amines) is 1. The minimum Gasteiger partial charge on any atom is -0.497 e. The lowest BCUT2D eigenvalue weighted by Gasteiger charge is -2.21. The van der Waals surface area contributed by atoms with Crippen LogP contribution in [-0.2, 0) is 4.79 Å². The first-order valence-corrected chi connectivity index (χ1v) is 6.48. The molecule has 1 fully saturated rings. The minimum absolute atomic E-state index is 0.0255. The molecule has 1 aromatic carbocycles. The highest BCUT2D eigenvalue weighted by Crippen LogP contribution is 2.18. The van der Waals surface area contributed by atoms with Gasteiger partial charge in [-0.25, -0.2) is 0 Å². The van der Waals surface area contributed by atoms with Crippen molar-refractivity contribution >= 4 is 12.0 Å². The SMILES string of the molecule is COc1cccc(C=CC(=O)N2CCC[C@@H]2CO)c1. The predicted molar refractivity (Wildman–Crippen MR) is 73.8 cm³/mol. The van der Waals surface area contributed by atoms with Gasteiger partial charge in [0.15, 0.2) is 0 Å². The van der Waals surface area contributed by atoms with E-state index in [0.29, 0.717) is 0 Å². The Kier molecular flexibility index (Phi) is 4.58. The number of carbonyl (C=O) groups excluding carboxylic acids is 1. The molecule has 0 bridgehead atoms. The van der Waals surface area contributed by atoms with Crippen molar-refractivity contribution in [1.82, 2.24) is 4.90 Å². The number of amides is 1. The van der Waals surface area contributed by atoms with Gasteiger partial charge in [0.05, 0.1) is 19.8 Å². The van der Waals surface area contributed by atoms with Crippen molar-refractivity contribution in [2.75, 3.05) is 20.3 Å². The van der Waals surface area contributed by atoms with Crippen LogP contribution < -0.4 is 4.74 Å². The number of ether oxygens (including phenoxy) is 1.